The normalized spacial score (nSPS) is 16.5. The topological polar surface area (TPSA) is 95.1 Å². The minimum atomic E-state index is -0.516. The van der Waals surface area contributed by atoms with Crippen LogP contribution in [0.5, 0.6) is 0 Å². The van der Waals surface area contributed by atoms with Gasteiger partial charge in [0.15, 0.2) is 5.96 Å². The second-order valence-corrected chi connectivity index (χ2v) is 8.08. The summed E-state index contributed by atoms with van der Waals surface area (Å²) >= 11 is 0. The molecular weight excluding hydrogens is 370 g/mol. The molecule has 1 atom stereocenters. The maximum Gasteiger partial charge on any atom is 0.410 e. The van der Waals surface area contributed by atoms with Gasteiger partial charge in [0.1, 0.15) is 5.60 Å². The van der Waals surface area contributed by atoms with Crippen LogP contribution in [0.2, 0.25) is 0 Å². The molecule has 0 fully saturated rings. The number of nitrogens with zero attached hydrogens (tertiary/aromatic N) is 2. The van der Waals surface area contributed by atoms with E-state index in [9.17, 15) is 9.59 Å². The van der Waals surface area contributed by atoms with Gasteiger partial charge >= 0.3 is 6.09 Å². The molecule has 0 radical (unpaired) electrons. The molecule has 1 aliphatic heterocycles. The predicted octanol–water partition coefficient (Wildman–Crippen LogP) is 2.53. The first-order chi connectivity index (χ1) is 13.7. The molecule has 3 N–H and O–H groups in total. The molecule has 8 heteroatoms. The average molecular weight is 404 g/mol. The largest absolute Gasteiger partial charge is 0.444 e. The molecule has 0 aromatic heterocycles. The zero-order valence-corrected chi connectivity index (χ0v) is 18.0. The Kier molecular flexibility index (Phi) is 7.87. The van der Waals surface area contributed by atoms with E-state index in [0.29, 0.717) is 32.0 Å². The highest BCUT2D eigenvalue weighted by molar-refractivity contribution is 5.94. The maximum absolute atomic E-state index is 12.0. The number of carbonyl (C=O) groups is 2. The van der Waals surface area contributed by atoms with Crippen LogP contribution in [0, 0.1) is 0 Å². The highest BCUT2D eigenvalue weighted by Gasteiger charge is 2.24. The molecular formula is C21H33N5O3. The van der Waals surface area contributed by atoms with Gasteiger partial charge in [-0.15, -0.1) is 0 Å². The lowest BCUT2D eigenvalue weighted by Gasteiger charge is -2.25. The van der Waals surface area contributed by atoms with Crippen LogP contribution < -0.4 is 16.0 Å². The van der Waals surface area contributed by atoms with Gasteiger partial charge in [0.05, 0.1) is 6.54 Å². The van der Waals surface area contributed by atoms with Crippen LogP contribution in [0.4, 0.5) is 10.5 Å². The van der Waals surface area contributed by atoms with Gasteiger partial charge in [0.2, 0.25) is 5.91 Å². The number of para-hydroxylation sites is 1. The Morgan fingerprint density at radius 2 is 2.03 bits per heavy atom. The van der Waals surface area contributed by atoms with Gasteiger partial charge in [-0.05, 0) is 39.3 Å². The summed E-state index contributed by atoms with van der Waals surface area (Å²) in [6, 6.07) is 7.84. The summed E-state index contributed by atoms with van der Waals surface area (Å²) in [5.41, 5.74) is 1.45. The Morgan fingerprint density at radius 1 is 1.31 bits per heavy atom. The van der Waals surface area contributed by atoms with E-state index in [0.717, 1.165) is 17.8 Å². The van der Waals surface area contributed by atoms with Crippen molar-refractivity contribution in [3.05, 3.63) is 29.8 Å². The van der Waals surface area contributed by atoms with Crippen molar-refractivity contribution in [3.63, 3.8) is 0 Å². The van der Waals surface area contributed by atoms with E-state index < -0.39 is 5.60 Å². The molecule has 1 heterocycles. The lowest BCUT2D eigenvalue weighted by Crippen LogP contribution is -2.43. The van der Waals surface area contributed by atoms with Crippen molar-refractivity contribution in [3.8, 4) is 0 Å². The Bertz CT molecular complexity index is 742. The van der Waals surface area contributed by atoms with Gasteiger partial charge in [0.25, 0.3) is 0 Å². The minimum absolute atomic E-state index is 0.0147. The third kappa shape index (κ3) is 7.29. The predicted molar refractivity (Wildman–Crippen MR) is 115 cm³/mol. The van der Waals surface area contributed by atoms with Crippen molar-refractivity contribution in [2.24, 2.45) is 4.99 Å². The van der Waals surface area contributed by atoms with Crippen molar-refractivity contribution in [2.75, 3.05) is 38.5 Å². The summed E-state index contributed by atoms with van der Waals surface area (Å²) in [6.45, 7) is 9.76. The number of nitrogens with one attached hydrogen (secondary N) is 3. The Balaban J connectivity index is 1.92. The molecule has 2 rings (SSSR count). The summed E-state index contributed by atoms with van der Waals surface area (Å²) in [6.07, 6.45) is 0.0625. The Hall–Kier alpha value is -2.77. The number of anilines is 1. The van der Waals surface area contributed by atoms with Crippen molar-refractivity contribution >= 4 is 23.6 Å². The van der Waals surface area contributed by atoms with Crippen LogP contribution in [0.15, 0.2) is 29.3 Å². The third-order valence-corrected chi connectivity index (χ3v) is 4.37. The number of fused-ring (bicyclic) bond motifs is 1. The van der Waals surface area contributed by atoms with Gasteiger partial charge in [-0.25, -0.2) is 4.79 Å². The number of hydrogen-bond acceptors (Lipinski definition) is 4. The second kappa shape index (κ2) is 10.1. The van der Waals surface area contributed by atoms with Gasteiger partial charge < -0.3 is 25.6 Å². The summed E-state index contributed by atoms with van der Waals surface area (Å²) in [4.78, 5) is 30.2. The molecule has 2 amide bonds. The molecule has 0 aliphatic carbocycles. The zero-order chi connectivity index (χ0) is 21.4. The maximum atomic E-state index is 12.0. The first-order valence-corrected chi connectivity index (χ1v) is 10.0. The van der Waals surface area contributed by atoms with E-state index in [-0.39, 0.29) is 17.9 Å². The number of amides is 2. The van der Waals surface area contributed by atoms with E-state index in [2.05, 4.69) is 20.9 Å². The quantitative estimate of drug-likeness (QED) is 0.501. The first-order valence-electron chi connectivity index (χ1n) is 10.0. The Morgan fingerprint density at radius 3 is 2.72 bits per heavy atom. The van der Waals surface area contributed by atoms with Crippen LogP contribution in [-0.2, 0) is 9.53 Å². The van der Waals surface area contributed by atoms with Gasteiger partial charge in [-0.3, -0.25) is 9.79 Å². The molecule has 1 aliphatic rings. The van der Waals surface area contributed by atoms with Gasteiger partial charge in [-0.2, -0.15) is 0 Å². The number of carbonyl (C=O) groups excluding carboxylic acids is 2. The van der Waals surface area contributed by atoms with E-state index in [1.165, 1.54) is 4.90 Å². The smallest absolute Gasteiger partial charge is 0.410 e. The number of hydrogen-bond donors (Lipinski definition) is 3. The molecule has 160 valence electrons. The van der Waals surface area contributed by atoms with Crippen LogP contribution in [0.25, 0.3) is 0 Å². The average Bonchev–Trinajstić information content (AvgIpc) is 2.64. The fraction of sp³-hybridized carbons (Fsp3) is 0.571. The first kappa shape index (κ1) is 22.5. The standard InChI is InChI=1S/C21H33N5O3/c1-6-22-19(23-11-12-26(5)20(28)29-21(2,3)4)24-14-15-13-18(27)25-17-10-8-7-9-16(15)17/h7-10,15H,6,11-14H2,1-5H3,(H,25,27)(H2,22,23,24). The molecule has 0 saturated carbocycles. The van der Waals surface area contributed by atoms with Gasteiger partial charge in [-0.1, -0.05) is 18.2 Å². The molecule has 0 spiro atoms. The fourth-order valence-electron chi connectivity index (χ4n) is 2.98. The van der Waals surface area contributed by atoms with E-state index in [4.69, 9.17) is 4.74 Å². The highest BCUT2D eigenvalue weighted by Crippen LogP contribution is 2.31. The summed E-state index contributed by atoms with van der Waals surface area (Å²) in [5.74, 6) is 0.717. The minimum Gasteiger partial charge on any atom is -0.444 e. The van der Waals surface area contributed by atoms with Crippen molar-refractivity contribution < 1.29 is 14.3 Å². The summed E-state index contributed by atoms with van der Waals surface area (Å²) < 4.78 is 5.35. The molecule has 1 aromatic carbocycles. The molecule has 0 saturated heterocycles. The zero-order valence-electron chi connectivity index (χ0n) is 18.0. The van der Waals surface area contributed by atoms with Gasteiger partial charge in [0, 0.05) is 44.7 Å². The molecule has 0 bridgehead atoms. The van der Waals surface area contributed by atoms with Crippen LogP contribution >= 0.6 is 0 Å². The SMILES string of the molecule is CCNC(=NCC1CC(=O)Nc2ccccc21)NCCN(C)C(=O)OC(C)(C)C. The molecule has 29 heavy (non-hydrogen) atoms. The highest BCUT2D eigenvalue weighted by atomic mass is 16.6. The molecule has 1 unspecified atom stereocenters. The summed E-state index contributed by atoms with van der Waals surface area (Å²) in [5, 5.41) is 9.34. The lowest BCUT2D eigenvalue weighted by atomic mass is 9.91. The molecule has 1 aromatic rings. The van der Waals surface area contributed by atoms with Crippen LogP contribution in [-0.4, -0.2) is 61.7 Å². The monoisotopic (exact) mass is 403 g/mol. The Labute approximate surface area is 173 Å². The number of guanidine groups is 1. The van der Waals surface area contributed by atoms with E-state index >= 15 is 0 Å². The van der Waals surface area contributed by atoms with E-state index in [1.807, 2.05) is 52.0 Å². The fourth-order valence-corrected chi connectivity index (χ4v) is 2.98. The lowest BCUT2D eigenvalue weighted by molar-refractivity contribution is -0.116. The number of ether oxygens (including phenoxy) is 1. The summed E-state index contributed by atoms with van der Waals surface area (Å²) in [7, 11) is 1.71. The number of aliphatic imine (C=N–C) groups is 1. The molecule has 8 nitrogen and oxygen atoms in total. The van der Waals surface area contributed by atoms with Crippen LogP contribution in [0.1, 0.15) is 45.6 Å². The van der Waals surface area contributed by atoms with Crippen molar-refractivity contribution in [1.82, 2.24) is 15.5 Å². The number of likely N-dealkylation sites (N-methyl/N-ethyl adjacent to an activating group) is 1. The van der Waals surface area contributed by atoms with Crippen molar-refractivity contribution in [1.29, 1.82) is 0 Å². The van der Waals surface area contributed by atoms with E-state index in [1.54, 1.807) is 7.05 Å². The van der Waals surface area contributed by atoms with Crippen LogP contribution in [0.3, 0.4) is 0 Å². The second-order valence-electron chi connectivity index (χ2n) is 8.08. The third-order valence-electron chi connectivity index (χ3n) is 4.37. The van der Waals surface area contributed by atoms with Crippen molar-refractivity contribution in [2.45, 2.75) is 45.6 Å². The number of benzene rings is 1. The number of rotatable bonds is 6.